The largest absolute Gasteiger partial charge is 0.393 e. The molecule has 3 aliphatic rings. The zero-order valence-corrected chi connectivity index (χ0v) is 11.1. The summed E-state index contributed by atoms with van der Waals surface area (Å²) in [6.45, 7) is 7.72. The van der Waals surface area contributed by atoms with E-state index < -0.39 is 0 Å². The van der Waals surface area contributed by atoms with Crippen molar-refractivity contribution >= 4 is 0 Å². The van der Waals surface area contributed by atoms with Gasteiger partial charge in [0.2, 0.25) is 0 Å². The van der Waals surface area contributed by atoms with Crippen LogP contribution in [0.15, 0.2) is 0 Å². The second kappa shape index (κ2) is 4.22. The molecule has 17 heavy (non-hydrogen) atoms. The Balaban J connectivity index is 1.52. The van der Waals surface area contributed by atoms with Crippen LogP contribution in [0.5, 0.6) is 0 Å². The normalized spacial score (nSPS) is 45.4. The summed E-state index contributed by atoms with van der Waals surface area (Å²) in [6.07, 6.45) is 5.00. The molecule has 0 bridgehead atoms. The lowest BCUT2D eigenvalue weighted by Crippen LogP contribution is -2.33. The SMILES string of the molecule is CC1(C)CCC(CN2CC3CCC(O)C3C2)O1. The number of likely N-dealkylation sites (tertiary alicyclic amines) is 1. The zero-order valence-electron chi connectivity index (χ0n) is 11.1. The highest BCUT2D eigenvalue weighted by atomic mass is 16.5. The predicted octanol–water partition coefficient (Wildman–Crippen LogP) is 1.65. The number of nitrogens with zero attached hydrogens (tertiary/aromatic N) is 1. The first-order valence-electron chi connectivity index (χ1n) is 7.12. The van der Waals surface area contributed by atoms with Crippen molar-refractivity contribution in [3.8, 4) is 0 Å². The Morgan fingerprint density at radius 2 is 2.06 bits per heavy atom. The Labute approximate surface area is 104 Å². The van der Waals surface area contributed by atoms with E-state index in [9.17, 15) is 5.11 Å². The average molecular weight is 239 g/mol. The van der Waals surface area contributed by atoms with E-state index in [4.69, 9.17) is 4.74 Å². The van der Waals surface area contributed by atoms with Gasteiger partial charge in [-0.3, -0.25) is 0 Å². The monoisotopic (exact) mass is 239 g/mol. The molecule has 0 amide bonds. The highest BCUT2D eigenvalue weighted by molar-refractivity contribution is 4.95. The number of ether oxygens (including phenoxy) is 1. The summed E-state index contributed by atoms with van der Waals surface area (Å²) in [5, 5.41) is 9.90. The number of aliphatic hydroxyl groups is 1. The van der Waals surface area contributed by atoms with E-state index in [0.717, 1.165) is 25.4 Å². The fourth-order valence-corrected chi connectivity index (χ4v) is 3.97. The first kappa shape index (κ1) is 11.9. The van der Waals surface area contributed by atoms with Crippen molar-refractivity contribution in [2.45, 2.75) is 57.3 Å². The molecule has 2 heterocycles. The molecular weight excluding hydrogens is 214 g/mol. The van der Waals surface area contributed by atoms with Crippen LogP contribution >= 0.6 is 0 Å². The van der Waals surface area contributed by atoms with Gasteiger partial charge in [0.1, 0.15) is 0 Å². The Bertz CT molecular complexity index is 292. The summed E-state index contributed by atoms with van der Waals surface area (Å²) < 4.78 is 6.06. The van der Waals surface area contributed by atoms with Gasteiger partial charge in [-0.25, -0.2) is 0 Å². The van der Waals surface area contributed by atoms with Crippen LogP contribution in [0.3, 0.4) is 0 Å². The second-order valence-electron chi connectivity index (χ2n) is 6.83. The van der Waals surface area contributed by atoms with Crippen molar-refractivity contribution in [3.63, 3.8) is 0 Å². The van der Waals surface area contributed by atoms with Crippen LogP contribution in [-0.2, 0) is 4.74 Å². The molecule has 2 aliphatic heterocycles. The van der Waals surface area contributed by atoms with E-state index in [-0.39, 0.29) is 11.7 Å². The number of aliphatic hydroxyl groups excluding tert-OH is 1. The van der Waals surface area contributed by atoms with Gasteiger partial charge in [-0.05, 0) is 45.4 Å². The minimum atomic E-state index is -0.0362. The standard InChI is InChI=1S/C14H25NO2/c1-14(2)6-5-11(17-14)8-15-7-10-3-4-13(16)12(10)9-15/h10-13,16H,3-9H2,1-2H3. The molecule has 0 radical (unpaired) electrons. The second-order valence-corrected chi connectivity index (χ2v) is 6.83. The van der Waals surface area contributed by atoms with E-state index in [1.165, 1.54) is 25.8 Å². The van der Waals surface area contributed by atoms with Crippen molar-refractivity contribution in [1.82, 2.24) is 4.90 Å². The summed E-state index contributed by atoms with van der Waals surface area (Å²) in [6, 6.07) is 0. The van der Waals surface area contributed by atoms with Gasteiger partial charge in [-0.15, -0.1) is 0 Å². The maximum atomic E-state index is 9.90. The molecule has 3 heteroatoms. The minimum absolute atomic E-state index is 0.0362. The molecule has 3 fully saturated rings. The van der Waals surface area contributed by atoms with Gasteiger partial charge in [0.15, 0.2) is 0 Å². The third-order valence-electron chi connectivity index (χ3n) is 4.91. The predicted molar refractivity (Wildman–Crippen MR) is 66.8 cm³/mol. The van der Waals surface area contributed by atoms with Gasteiger partial charge in [-0.1, -0.05) is 0 Å². The molecule has 1 aliphatic carbocycles. The zero-order chi connectivity index (χ0) is 12.0. The smallest absolute Gasteiger partial charge is 0.0710 e. The summed E-state index contributed by atoms with van der Waals surface area (Å²) in [4.78, 5) is 2.52. The van der Waals surface area contributed by atoms with Gasteiger partial charge in [-0.2, -0.15) is 0 Å². The van der Waals surface area contributed by atoms with Crippen LogP contribution in [0.4, 0.5) is 0 Å². The van der Waals surface area contributed by atoms with Crippen molar-refractivity contribution in [2.24, 2.45) is 11.8 Å². The Kier molecular flexibility index (Phi) is 2.96. The van der Waals surface area contributed by atoms with E-state index in [0.29, 0.717) is 12.0 Å². The lowest BCUT2D eigenvalue weighted by atomic mass is 10.00. The summed E-state index contributed by atoms with van der Waals surface area (Å²) in [5.41, 5.74) is 0.0831. The molecule has 0 spiro atoms. The topological polar surface area (TPSA) is 32.7 Å². The number of hydrogen-bond donors (Lipinski definition) is 1. The molecule has 98 valence electrons. The van der Waals surface area contributed by atoms with Crippen molar-refractivity contribution in [3.05, 3.63) is 0 Å². The van der Waals surface area contributed by atoms with E-state index in [1.807, 2.05) is 0 Å². The lowest BCUT2D eigenvalue weighted by Gasteiger charge is -2.24. The Morgan fingerprint density at radius 1 is 1.24 bits per heavy atom. The fourth-order valence-electron chi connectivity index (χ4n) is 3.97. The first-order chi connectivity index (χ1) is 8.03. The first-order valence-corrected chi connectivity index (χ1v) is 7.12. The molecule has 0 aromatic heterocycles. The van der Waals surface area contributed by atoms with Gasteiger partial charge >= 0.3 is 0 Å². The summed E-state index contributed by atoms with van der Waals surface area (Å²) in [5.74, 6) is 1.30. The number of hydrogen-bond acceptors (Lipinski definition) is 3. The van der Waals surface area contributed by atoms with Gasteiger partial charge in [0.05, 0.1) is 17.8 Å². The Morgan fingerprint density at radius 3 is 2.71 bits per heavy atom. The van der Waals surface area contributed by atoms with Crippen molar-refractivity contribution < 1.29 is 9.84 Å². The third-order valence-corrected chi connectivity index (χ3v) is 4.91. The van der Waals surface area contributed by atoms with Crippen LogP contribution in [0.25, 0.3) is 0 Å². The quantitative estimate of drug-likeness (QED) is 0.795. The molecule has 3 nitrogen and oxygen atoms in total. The third kappa shape index (κ3) is 2.38. The van der Waals surface area contributed by atoms with E-state index in [1.54, 1.807) is 0 Å². The molecule has 0 aromatic carbocycles. The maximum absolute atomic E-state index is 9.90. The van der Waals surface area contributed by atoms with Crippen molar-refractivity contribution in [2.75, 3.05) is 19.6 Å². The number of rotatable bonds is 2. The van der Waals surface area contributed by atoms with Gasteiger partial charge < -0.3 is 14.7 Å². The molecule has 1 saturated carbocycles. The van der Waals surface area contributed by atoms with E-state index >= 15 is 0 Å². The van der Waals surface area contributed by atoms with Crippen LogP contribution in [0.1, 0.15) is 39.5 Å². The van der Waals surface area contributed by atoms with Crippen molar-refractivity contribution in [1.29, 1.82) is 0 Å². The molecular formula is C14H25NO2. The minimum Gasteiger partial charge on any atom is -0.393 e. The number of fused-ring (bicyclic) bond motifs is 1. The summed E-state index contributed by atoms with van der Waals surface area (Å²) >= 11 is 0. The molecule has 1 N–H and O–H groups in total. The highest BCUT2D eigenvalue weighted by Gasteiger charge is 2.43. The maximum Gasteiger partial charge on any atom is 0.0710 e. The highest BCUT2D eigenvalue weighted by Crippen LogP contribution is 2.39. The summed E-state index contributed by atoms with van der Waals surface area (Å²) in [7, 11) is 0. The molecule has 2 saturated heterocycles. The molecule has 4 atom stereocenters. The van der Waals surface area contributed by atoms with Gasteiger partial charge in [0, 0.05) is 25.6 Å². The molecule has 4 unspecified atom stereocenters. The average Bonchev–Trinajstić information content (AvgIpc) is 2.86. The van der Waals surface area contributed by atoms with Crippen LogP contribution in [-0.4, -0.2) is 47.4 Å². The van der Waals surface area contributed by atoms with Crippen LogP contribution in [0, 0.1) is 11.8 Å². The van der Waals surface area contributed by atoms with Gasteiger partial charge in [0.25, 0.3) is 0 Å². The van der Waals surface area contributed by atoms with Crippen LogP contribution in [0.2, 0.25) is 0 Å². The van der Waals surface area contributed by atoms with E-state index in [2.05, 4.69) is 18.7 Å². The Hall–Kier alpha value is -0.120. The van der Waals surface area contributed by atoms with Crippen LogP contribution < -0.4 is 0 Å². The molecule has 0 aromatic rings. The lowest BCUT2D eigenvalue weighted by molar-refractivity contribution is -0.0276. The fraction of sp³-hybridized carbons (Fsp3) is 1.00. The molecule has 3 rings (SSSR count).